The number of primary amides is 1. The Balaban J connectivity index is 2.82. The molecular weight excluding hydrogens is 269 g/mol. The first-order valence-corrected chi connectivity index (χ1v) is 6.27. The molecule has 1 atom stereocenters. The van der Waals surface area contributed by atoms with Crippen LogP contribution in [0.5, 0.6) is 0 Å². The predicted molar refractivity (Wildman–Crippen MR) is 70.8 cm³/mol. The van der Waals surface area contributed by atoms with Crippen molar-refractivity contribution in [3.63, 3.8) is 0 Å². The zero-order chi connectivity index (χ0) is 15.4. The summed E-state index contributed by atoms with van der Waals surface area (Å²) < 4.78 is 37.9. The maximum absolute atomic E-state index is 12.6. The molecule has 0 spiro atoms. The minimum atomic E-state index is -4.29. The summed E-state index contributed by atoms with van der Waals surface area (Å²) in [6.07, 6.45) is -5.28. The van der Waals surface area contributed by atoms with E-state index in [1.165, 1.54) is 0 Å². The number of carbonyl (C=O) groups is 1. The third-order valence-electron chi connectivity index (χ3n) is 3.09. The van der Waals surface area contributed by atoms with Crippen LogP contribution in [-0.4, -0.2) is 18.6 Å². The van der Waals surface area contributed by atoms with E-state index >= 15 is 0 Å². The summed E-state index contributed by atoms with van der Waals surface area (Å²) in [6.45, 7) is 3.27. The monoisotopic (exact) mass is 288 g/mol. The van der Waals surface area contributed by atoms with E-state index in [2.05, 4.69) is 5.32 Å². The summed E-state index contributed by atoms with van der Waals surface area (Å²) in [6, 6.07) is 7.46. The fourth-order valence-electron chi connectivity index (χ4n) is 1.69. The zero-order valence-electron chi connectivity index (χ0n) is 11.5. The molecule has 0 heterocycles. The Morgan fingerprint density at radius 1 is 1.25 bits per heavy atom. The van der Waals surface area contributed by atoms with Gasteiger partial charge in [0.1, 0.15) is 0 Å². The second kappa shape index (κ2) is 6.26. The van der Waals surface area contributed by atoms with E-state index in [4.69, 9.17) is 5.73 Å². The Hall–Kier alpha value is -1.56. The SMILES string of the molecule is CC(C)(CNC(CC(F)(F)F)c1ccccc1)C(N)=O. The molecule has 1 unspecified atom stereocenters. The lowest BCUT2D eigenvalue weighted by atomic mass is 9.91. The number of nitrogens with two attached hydrogens (primary N) is 1. The molecule has 0 aliphatic carbocycles. The first-order chi connectivity index (χ1) is 9.12. The van der Waals surface area contributed by atoms with Gasteiger partial charge in [-0.1, -0.05) is 30.3 Å². The van der Waals surface area contributed by atoms with Crippen molar-refractivity contribution >= 4 is 5.91 Å². The average Bonchev–Trinajstić information content (AvgIpc) is 2.34. The molecular formula is C14H19F3N2O. The molecule has 1 aromatic carbocycles. The molecule has 0 saturated heterocycles. The molecule has 20 heavy (non-hydrogen) atoms. The molecule has 6 heteroatoms. The van der Waals surface area contributed by atoms with Gasteiger partial charge in [0.05, 0.1) is 11.8 Å². The van der Waals surface area contributed by atoms with E-state index in [9.17, 15) is 18.0 Å². The largest absolute Gasteiger partial charge is 0.390 e. The number of amides is 1. The van der Waals surface area contributed by atoms with E-state index in [-0.39, 0.29) is 6.54 Å². The van der Waals surface area contributed by atoms with Crippen LogP contribution in [0.3, 0.4) is 0 Å². The summed E-state index contributed by atoms with van der Waals surface area (Å²) in [5.41, 5.74) is 4.85. The topological polar surface area (TPSA) is 55.1 Å². The van der Waals surface area contributed by atoms with Crippen LogP contribution in [0, 0.1) is 5.41 Å². The molecule has 0 aromatic heterocycles. The second-order valence-electron chi connectivity index (χ2n) is 5.41. The Morgan fingerprint density at radius 2 is 1.80 bits per heavy atom. The number of rotatable bonds is 6. The van der Waals surface area contributed by atoms with Crippen LogP contribution in [0.4, 0.5) is 13.2 Å². The lowest BCUT2D eigenvalue weighted by Crippen LogP contribution is -2.42. The van der Waals surface area contributed by atoms with E-state index < -0.39 is 30.0 Å². The fourth-order valence-corrected chi connectivity index (χ4v) is 1.69. The van der Waals surface area contributed by atoms with Gasteiger partial charge in [0.25, 0.3) is 0 Å². The Bertz CT molecular complexity index is 443. The Labute approximate surface area is 116 Å². The van der Waals surface area contributed by atoms with Crippen LogP contribution < -0.4 is 11.1 Å². The number of hydrogen-bond acceptors (Lipinski definition) is 2. The Morgan fingerprint density at radius 3 is 2.25 bits per heavy atom. The minimum Gasteiger partial charge on any atom is -0.369 e. The lowest BCUT2D eigenvalue weighted by Gasteiger charge is -2.26. The molecule has 0 fully saturated rings. The molecule has 0 saturated carbocycles. The molecule has 1 aromatic rings. The highest BCUT2D eigenvalue weighted by Gasteiger charge is 2.34. The van der Waals surface area contributed by atoms with Crippen LogP contribution >= 0.6 is 0 Å². The molecule has 0 bridgehead atoms. The maximum Gasteiger partial charge on any atom is 0.390 e. The molecule has 1 amide bonds. The van der Waals surface area contributed by atoms with Crippen molar-refractivity contribution in [1.82, 2.24) is 5.32 Å². The van der Waals surface area contributed by atoms with Gasteiger partial charge in [0.15, 0.2) is 0 Å². The van der Waals surface area contributed by atoms with E-state index in [0.717, 1.165) is 0 Å². The number of nitrogens with one attached hydrogen (secondary N) is 1. The number of benzene rings is 1. The smallest absolute Gasteiger partial charge is 0.369 e. The van der Waals surface area contributed by atoms with Gasteiger partial charge >= 0.3 is 6.18 Å². The molecule has 3 nitrogen and oxygen atoms in total. The third-order valence-corrected chi connectivity index (χ3v) is 3.09. The Kier molecular flexibility index (Phi) is 5.16. The first-order valence-electron chi connectivity index (χ1n) is 6.27. The molecule has 0 aliphatic rings. The number of alkyl halides is 3. The maximum atomic E-state index is 12.6. The van der Waals surface area contributed by atoms with Gasteiger partial charge in [0, 0.05) is 12.6 Å². The van der Waals surface area contributed by atoms with Crippen molar-refractivity contribution in [1.29, 1.82) is 0 Å². The third kappa shape index (κ3) is 5.21. The minimum absolute atomic E-state index is 0.0813. The van der Waals surface area contributed by atoms with Crippen LogP contribution in [0.25, 0.3) is 0 Å². The normalized spacial score (nSPS) is 14.1. The van der Waals surface area contributed by atoms with E-state index in [1.807, 2.05) is 0 Å². The van der Waals surface area contributed by atoms with E-state index in [0.29, 0.717) is 5.56 Å². The number of halogens is 3. The van der Waals surface area contributed by atoms with Crippen molar-refractivity contribution in [2.24, 2.45) is 11.1 Å². The summed E-state index contributed by atoms with van der Waals surface area (Å²) in [5, 5.41) is 2.79. The van der Waals surface area contributed by atoms with E-state index in [1.54, 1.807) is 44.2 Å². The van der Waals surface area contributed by atoms with Crippen LogP contribution in [0.2, 0.25) is 0 Å². The van der Waals surface area contributed by atoms with Crippen LogP contribution in [0.1, 0.15) is 31.9 Å². The number of carbonyl (C=O) groups excluding carboxylic acids is 1. The van der Waals surface area contributed by atoms with Crippen molar-refractivity contribution < 1.29 is 18.0 Å². The summed E-state index contributed by atoms with van der Waals surface area (Å²) >= 11 is 0. The van der Waals surface area contributed by atoms with Gasteiger partial charge in [-0.05, 0) is 19.4 Å². The van der Waals surface area contributed by atoms with Crippen molar-refractivity contribution in [3.8, 4) is 0 Å². The van der Waals surface area contributed by atoms with Gasteiger partial charge in [-0.3, -0.25) is 4.79 Å². The zero-order valence-corrected chi connectivity index (χ0v) is 11.5. The molecule has 0 radical (unpaired) electrons. The standard InChI is InChI=1S/C14H19F3N2O/c1-13(2,12(18)20)9-19-11(8-14(15,16)17)10-6-4-3-5-7-10/h3-7,11,19H,8-9H2,1-2H3,(H2,18,20). The highest BCUT2D eigenvalue weighted by molar-refractivity contribution is 5.80. The average molecular weight is 288 g/mol. The van der Waals surface area contributed by atoms with Gasteiger partial charge in [-0.25, -0.2) is 0 Å². The highest BCUT2D eigenvalue weighted by atomic mass is 19.4. The molecule has 0 aliphatic heterocycles. The molecule has 3 N–H and O–H groups in total. The van der Waals surface area contributed by atoms with Gasteiger partial charge in [-0.2, -0.15) is 13.2 Å². The predicted octanol–water partition coefficient (Wildman–Crippen LogP) is 2.78. The lowest BCUT2D eigenvalue weighted by molar-refractivity contribution is -0.140. The summed E-state index contributed by atoms with van der Waals surface area (Å²) in [7, 11) is 0. The van der Waals surface area contributed by atoms with Crippen LogP contribution in [0.15, 0.2) is 30.3 Å². The molecule has 112 valence electrons. The molecule has 1 rings (SSSR count). The number of hydrogen-bond donors (Lipinski definition) is 2. The fraction of sp³-hybridized carbons (Fsp3) is 0.500. The quantitative estimate of drug-likeness (QED) is 0.845. The second-order valence-corrected chi connectivity index (χ2v) is 5.41. The van der Waals surface area contributed by atoms with Crippen molar-refractivity contribution in [3.05, 3.63) is 35.9 Å². The van der Waals surface area contributed by atoms with Gasteiger partial charge in [0.2, 0.25) is 5.91 Å². The van der Waals surface area contributed by atoms with Gasteiger partial charge in [-0.15, -0.1) is 0 Å². The van der Waals surface area contributed by atoms with Crippen molar-refractivity contribution in [2.75, 3.05) is 6.54 Å². The first kappa shape index (κ1) is 16.5. The van der Waals surface area contributed by atoms with Crippen LogP contribution in [-0.2, 0) is 4.79 Å². The van der Waals surface area contributed by atoms with Crippen molar-refractivity contribution in [2.45, 2.75) is 32.5 Å². The summed E-state index contributed by atoms with van der Waals surface area (Å²) in [5.74, 6) is -0.552. The van der Waals surface area contributed by atoms with Gasteiger partial charge < -0.3 is 11.1 Å². The summed E-state index contributed by atoms with van der Waals surface area (Å²) in [4.78, 5) is 11.2. The highest BCUT2D eigenvalue weighted by Crippen LogP contribution is 2.30.